The van der Waals surface area contributed by atoms with Gasteiger partial charge in [-0.05, 0) is 42.7 Å². The van der Waals surface area contributed by atoms with Crippen LogP contribution in [-0.2, 0) is 33.4 Å². The predicted molar refractivity (Wildman–Crippen MR) is 135 cm³/mol. The fourth-order valence-corrected chi connectivity index (χ4v) is 8.42. The van der Waals surface area contributed by atoms with Gasteiger partial charge < -0.3 is 18.6 Å². The van der Waals surface area contributed by atoms with E-state index >= 15 is 0 Å². The van der Waals surface area contributed by atoms with Gasteiger partial charge in [-0.1, -0.05) is 40.2 Å². The lowest BCUT2D eigenvalue weighted by Crippen LogP contribution is -2.66. The second-order valence-electron chi connectivity index (χ2n) is 12.5. The number of ketones is 1. The van der Waals surface area contributed by atoms with Crippen LogP contribution in [0.4, 0.5) is 0 Å². The number of methoxy groups -OCH3 is 1. The van der Waals surface area contributed by atoms with Gasteiger partial charge in [0.25, 0.3) is 0 Å². The van der Waals surface area contributed by atoms with E-state index in [1.807, 2.05) is 26.8 Å². The maximum absolute atomic E-state index is 14.3. The van der Waals surface area contributed by atoms with Gasteiger partial charge in [0, 0.05) is 34.7 Å². The Kier molecular flexibility index (Phi) is 6.39. The van der Waals surface area contributed by atoms with E-state index in [1.165, 1.54) is 7.11 Å². The summed E-state index contributed by atoms with van der Waals surface area (Å²) in [7, 11) is 1.35. The maximum atomic E-state index is 14.3. The average molecular weight is 527 g/mol. The lowest BCUT2D eigenvalue weighted by molar-refractivity contribution is -0.198. The molecule has 2 heterocycles. The van der Waals surface area contributed by atoms with Gasteiger partial charge in [-0.25, -0.2) is 0 Å². The van der Waals surface area contributed by atoms with E-state index < -0.39 is 46.3 Å². The fourth-order valence-electron chi connectivity index (χ4n) is 8.42. The van der Waals surface area contributed by atoms with Gasteiger partial charge in [-0.2, -0.15) is 0 Å². The monoisotopic (exact) mass is 526 g/mol. The van der Waals surface area contributed by atoms with Gasteiger partial charge in [-0.3, -0.25) is 19.2 Å². The molecule has 4 aliphatic rings. The number of hydrogen-bond acceptors (Lipinski definition) is 8. The Labute approximate surface area is 223 Å². The third-order valence-electron chi connectivity index (χ3n) is 10.3. The quantitative estimate of drug-likeness (QED) is 0.296. The van der Waals surface area contributed by atoms with Crippen LogP contribution in [0.5, 0.6) is 0 Å². The van der Waals surface area contributed by atoms with Crippen molar-refractivity contribution in [2.75, 3.05) is 7.11 Å². The number of fused-ring (bicyclic) bond motifs is 5. The summed E-state index contributed by atoms with van der Waals surface area (Å²) in [5.41, 5.74) is 0.975. The molecule has 2 bridgehead atoms. The molecule has 2 saturated carbocycles. The molecule has 3 fully saturated rings. The number of carbonyl (C=O) groups is 4. The summed E-state index contributed by atoms with van der Waals surface area (Å²) in [6.07, 6.45) is 4.34. The summed E-state index contributed by atoms with van der Waals surface area (Å²) in [5, 5.41) is 0. The number of rotatable bonds is 5. The van der Waals surface area contributed by atoms with Crippen LogP contribution in [0.15, 0.2) is 34.2 Å². The molecule has 1 aromatic heterocycles. The largest absolute Gasteiger partial charge is 0.472 e. The zero-order valence-corrected chi connectivity index (χ0v) is 23.1. The Balaban J connectivity index is 1.68. The number of furan rings is 1. The average Bonchev–Trinajstić information content (AvgIpc) is 3.41. The molecule has 0 spiro atoms. The first-order valence-corrected chi connectivity index (χ1v) is 13.6. The Morgan fingerprint density at radius 3 is 2.50 bits per heavy atom. The van der Waals surface area contributed by atoms with E-state index in [-0.39, 0.29) is 42.9 Å². The Bertz CT molecular complexity index is 1190. The summed E-state index contributed by atoms with van der Waals surface area (Å²) in [6, 6.07) is 1.83. The van der Waals surface area contributed by atoms with Crippen LogP contribution in [-0.4, -0.2) is 36.9 Å². The fraction of sp³-hybridized carbons (Fsp3) is 0.667. The zero-order chi connectivity index (χ0) is 27.6. The molecular weight excluding hydrogens is 488 g/mol. The highest BCUT2D eigenvalue weighted by Crippen LogP contribution is 2.68. The van der Waals surface area contributed by atoms with E-state index in [1.54, 1.807) is 19.5 Å². The number of hydrogen-bond donors (Lipinski definition) is 0. The molecule has 1 saturated heterocycles. The molecule has 3 unspecified atom stereocenters. The van der Waals surface area contributed by atoms with Crippen molar-refractivity contribution in [3.8, 4) is 0 Å². The summed E-state index contributed by atoms with van der Waals surface area (Å²) >= 11 is 0. The highest BCUT2D eigenvalue weighted by molar-refractivity contribution is 5.92. The van der Waals surface area contributed by atoms with E-state index in [0.29, 0.717) is 6.42 Å². The topological polar surface area (TPSA) is 109 Å². The molecule has 0 aromatic carbocycles. The molecule has 5 rings (SSSR count). The minimum absolute atomic E-state index is 0.0438. The smallest absolute Gasteiger partial charge is 0.310 e. The maximum Gasteiger partial charge on any atom is 0.310 e. The lowest BCUT2D eigenvalue weighted by Gasteiger charge is -2.63. The molecule has 206 valence electrons. The van der Waals surface area contributed by atoms with Crippen LogP contribution in [0.3, 0.4) is 0 Å². The van der Waals surface area contributed by atoms with Crippen LogP contribution in [0.25, 0.3) is 0 Å². The number of carbonyl (C=O) groups excluding carboxylic acids is 4. The van der Waals surface area contributed by atoms with E-state index in [2.05, 4.69) is 6.92 Å². The van der Waals surface area contributed by atoms with Gasteiger partial charge in [0.2, 0.25) is 0 Å². The lowest BCUT2D eigenvalue weighted by atomic mass is 9.40. The van der Waals surface area contributed by atoms with Crippen LogP contribution >= 0.6 is 0 Å². The first-order valence-electron chi connectivity index (χ1n) is 13.6. The SMILES string of the molecule is CCC(=O)OC1[C@H]2CC3=C4CC(=O)O[C@@H](c5ccoc5)[C@]4(C)CCC3C(C)(C2=O)[C@@H](CC(=O)OC)C1(C)C. The molecule has 8 nitrogen and oxygen atoms in total. The summed E-state index contributed by atoms with van der Waals surface area (Å²) in [4.78, 5) is 52.5. The third-order valence-corrected chi connectivity index (χ3v) is 10.3. The normalized spacial score (nSPS) is 37.6. The molecule has 7 atom stereocenters. The van der Waals surface area contributed by atoms with Crippen LogP contribution in [0, 0.1) is 34.0 Å². The number of Topliss-reactive ketones (excluding diaryl/α,β-unsaturated/α-hetero) is 1. The van der Waals surface area contributed by atoms with Crippen LogP contribution < -0.4 is 0 Å². The summed E-state index contributed by atoms with van der Waals surface area (Å²) in [5.74, 6) is -2.10. The highest BCUT2D eigenvalue weighted by atomic mass is 16.6. The minimum atomic E-state index is -0.869. The number of ether oxygens (including phenoxy) is 3. The number of allylic oxidation sites excluding steroid dienone is 1. The van der Waals surface area contributed by atoms with Gasteiger partial charge in [0.1, 0.15) is 18.0 Å². The summed E-state index contributed by atoms with van der Waals surface area (Å²) in [6.45, 7) is 9.85. The molecule has 0 N–H and O–H groups in total. The first kappa shape index (κ1) is 26.7. The Morgan fingerprint density at radius 1 is 1.13 bits per heavy atom. The first-order chi connectivity index (χ1) is 17.9. The second-order valence-corrected chi connectivity index (χ2v) is 12.5. The molecular formula is C30H38O8. The molecule has 38 heavy (non-hydrogen) atoms. The van der Waals surface area contributed by atoms with E-state index in [9.17, 15) is 19.2 Å². The van der Waals surface area contributed by atoms with E-state index in [4.69, 9.17) is 18.6 Å². The van der Waals surface area contributed by atoms with Gasteiger partial charge in [0.05, 0.1) is 32.0 Å². The van der Waals surface area contributed by atoms with Gasteiger partial charge in [-0.15, -0.1) is 0 Å². The van der Waals surface area contributed by atoms with Crippen molar-refractivity contribution in [2.45, 2.75) is 85.4 Å². The van der Waals surface area contributed by atoms with Crippen molar-refractivity contribution < 1.29 is 37.8 Å². The van der Waals surface area contributed by atoms with Crippen molar-refractivity contribution in [2.24, 2.45) is 34.0 Å². The number of esters is 3. The number of cyclic esters (lactones) is 1. The molecule has 8 heteroatoms. The van der Waals surface area contributed by atoms with Crippen LogP contribution in [0.2, 0.25) is 0 Å². The van der Waals surface area contributed by atoms with Crippen molar-refractivity contribution >= 4 is 23.7 Å². The van der Waals surface area contributed by atoms with Crippen LogP contribution in [0.1, 0.15) is 84.8 Å². The third kappa shape index (κ3) is 3.69. The van der Waals surface area contributed by atoms with Gasteiger partial charge >= 0.3 is 17.9 Å². The van der Waals surface area contributed by atoms with Crippen molar-refractivity contribution in [1.29, 1.82) is 0 Å². The molecule has 0 amide bonds. The summed E-state index contributed by atoms with van der Waals surface area (Å²) < 4.78 is 22.3. The zero-order valence-electron chi connectivity index (χ0n) is 23.1. The highest BCUT2D eigenvalue weighted by Gasteiger charge is 2.68. The minimum Gasteiger partial charge on any atom is -0.472 e. The second kappa shape index (κ2) is 9.09. The van der Waals surface area contributed by atoms with Crippen molar-refractivity contribution in [3.63, 3.8) is 0 Å². The predicted octanol–water partition coefficient (Wildman–Crippen LogP) is 5.12. The Hall–Kier alpha value is -2.90. The van der Waals surface area contributed by atoms with E-state index in [0.717, 1.165) is 29.6 Å². The molecule has 0 radical (unpaired) electrons. The standard InChI is InChI=1S/C30H38O8/c1-7-22(31)37-27-18-12-17-19(30(5,25(18)34)21(28(27,2)3)14-23(32)35-6)8-10-29(4)20(17)13-24(33)38-26(29)16-9-11-36-15-16/h9,11,15,18-19,21,26-27H,7-8,10,12-14H2,1-6H3/t18-,19?,21-,26-,27?,29+,30?/m0/s1. The Morgan fingerprint density at radius 2 is 1.87 bits per heavy atom. The molecule has 3 aliphatic carbocycles. The molecule has 1 aliphatic heterocycles. The van der Waals surface area contributed by atoms with Gasteiger partial charge in [0.15, 0.2) is 0 Å². The van der Waals surface area contributed by atoms with Crippen molar-refractivity contribution in [1.82, 2.24) is 0 Å². The van der Waals surface area contributed by atoms with Crippen molar-refractivity contribution in [3.05, 3.63) is 35.3 Å². The molecule has 1 aromatic rings.